The fourth-order valence-electron chi connectivity index (χ4n) is 4.80. The zero-order chi connectivity index (χ0) is 18.3. The average molecular weight is 356 g/mol. The van der Waals surface area contributed by atoms with Crippen molar-refractivity contribution >= 4 is 16.7 Å². The van der Waals surface area contributed by atoms with Crippen molar-refractivity contribution in [2.75, 3.05) is 6.54 Å². The van der Waals surface area contributed by atoms with Crippen molar-refractivity contribution in [1.29, 1.82) is 0 Å². The molecule has 0 aromatic carbocycles. The number of nitrogens with one attached hydrogen (secondary N) is 1. The first-order valence-electron chi connectivity index (χ1n) is 9.82. The molecular formula is C23H24N4. The molecule has 1 unspecified atom stereocenters. The minimum atomic E-state index is 0.227. The number of aromatic nitrogens is 3. The fraction of sp³-hybridized carbons (Fsp3) is 0.348. The van der Waals surface area contributed by atoms with E-state index in [1.165, 1.54) is 43.1 Å². The average Bonchev–Trinajstić information content (AvgIpc) is 3.37. The quantitative estimate of drug-likeness (QED) is 0.680. The third-order valence-corrected chi connectivity index (χ3v) is 6.24. The van der Waals surface area contributed by atoms with Crippen LogP contribution in [0, 0.1) is 0 Å². The number of hydrogen-bond acceptors (Lipinski definition) is 3. The van der Waals surface area contributed by atoms with Gasteiger partial charge in [-0.3, -0.25) is 4.98 Å². The predicted octanol–water partition coefficient (Wildman–Crippen LogP) is 4.89. The van der Waals surface area contributed by atoms with Crippen LogP contribution >= 0.6 is 0 Å². The van der Waals surface area contributed by atoms with E-state index in [-0.39, 0.29) is 5.54 Å². The largest absolute Gasteiger partial charge is 0.358 e. The van der Waals surface area contributed by atoms with Gasteiger partial charge in [0.25, 0.3) is 0 Å². The molecule has 2 aliphatic rings. The SMILES string of the molecule is C=C=C(c1ccccn1)N1CCCC(c2ccnc3[nH]ccc23)CC12CC2. The van der Waals surface area contributed by atoms with E-state index in [1.807, 2.05) is 30.7 Å². The summed E-state index contributed by atoms with van der Waals surface area (Å²) in [7, 11) is 0. The Bertz CT molecular complexity index is 1010. The molecule has 4 nitrogen and oxygen atoms in total. The van der Waals surface area contributed by atoms with Crippen LogP contribution in [-0.2, 0) is 0 Å². The van der Waals surface area contributed by atoms with E-state index in [0.717, 1.165) is 23.6 Å². The number of fused-ring (bicyclic) bond motifs is 1. The van der Waals surface area contributed by atoms with Crippen LogP contribution in [0.4, 0.5) is 0 Å². The van der Waals surface area contributed by atoms with Crippen LogP contribution in [0.1, 0.15) is 49.3 Å². The van der Waals surface area contributed by atoms with Crippen molar-refractivity contribution in [3.8, 4) is 0 Å². The van der Waals surface area contributed by atoms with E-state index in [1.54, 1.807) is 0 Å². The van der Waals surface area contributed by atoms with Gasteiger partial charge in [-0.2, -0.15) is 0 Å². The van der Waals surface area contributed by atoms with Crippen LogP contribution in [0.15, 0.2) is 61.2 Å². The zero-order valence-corrected chi connectivity index (χ0v) is 15.5. The molecule has 136 valence electrons. The zero-order valence-electron chi connectivity index (χ0n) is 15.5. The summed E-state index contributed by atoms with van der Waals surface area (Å²) in [5.74, 6) is 0.564. The second-order valence-corrected chi connectivity index (χ2v) is 7.80. The van der Waals surface area contributed by atoms with E-state index in [4.69, 9.17) is 0 Å². The van der Waals surface area contributed by atoms with Crippen molar-refractivity contribution in [1.82, 2.24) is 19.9 Å². The van der Waals surface area contributed by atoms with E-state index in [9.17, 15) is 0 Å². The fourth-order valence-corrected chi connectivity index (χ4v) is 4.80. The lowest BCUT2D eigenvalue weighted by Crippen LogP contribution is -2.36. The maximum atomic E-state index is 4.57. The highest BCUT2D eigenvalue weighted by Crippen LogP contribution is 2.54. The first-order valence-corrected chi connectivity index (χ1v) is 9.82. The summed E-state index contributed by atoms with van der Waals surface area (Å²) in [6.07, 6.45) is 11.8. The van der Waals surface area contributed by atoms with E-state index >= 15 is 0 Å². The molecule has 27 heavy (non-hydrogen) atoms. The molecule has 1 saturated heterocycles. The number of H-pyrrole nitrogens is 1. The van der Waals surface area contributed by atoms with Crippen LogP contribution < -0.4 is 0 Å². The third-order valence-electron chi connectivity index (χ3n) is 6.24. The molecule has 1 N–H and O–H groups in total. The van der Waals surface area contributed by atoms with Crippen LogP contribution in [0.25, 0.3) is 16.7 Å². The third kappa shape index (κ3) is 2.77. The highest BCUT2D eigenvalue weighted by Gasteiger charge is 2.51. The lowest BCUT2D eigenvalue weighted by molar-refractivity contribution is 0.271. The van der Waals surface area contributed by atoms with Gasteiger partial charge < -0.3 is 9.88 Å². The van der Waals surface area contributed by atoms with Gasteiger partial charge >= 0.3 is 0 Å². The molecule has 1 saturated carbocycles. The maximum absolute atomic E-state index is 4.57. The number of likely N-dealkylation sites (tertiary alicyclic amines) is 1. The molecule has 5 rings (SSSR count). The number of nitrogens with zero attached hydrogens (tertiary/aromatic N) is 3. The second-order valence-electron chi connectivity index (χ2n) is 7.80. The Morgan fingerprint density at radius 1 is 1.19 bits per heavy atom. The Labute approximate surface area is 159 Å². The van der Waals surface area contributed by atoms with Crippen molar-refractivity contribution in [3.05, 3.63) is 72.5 Å². The summed E-state index contributed by atoms with van der Waals surface area (Å²) in [4.78, 5) is 14.8. The predicted molar refractivity (Wildman–Crippen MR) is 108 cm³/mol. The Morgan fingerprint density at radius 3 is 2.89 bits per heavy atom. The molecule has 0 bridgehead atoms. The van der Waals surface area contributed by atoms with Crippen molar-refractivity contribution < 1.29 is 0 Å². The second kappa shape index (κ2) is 6.40. The molecule has 3 aromatic heterocycles. The Hall–Kier alpha value is -2.84. The van der Waals surface area contributed by atoms with E-state index in [0.29, 0.717) is 5.92 Å². The monoisotopic (exact) mass is 356 g/mol. The first kappa shape index (κ1) is 16.3. The number of aromatic amines is 1. The Kier molecular flexibility index (Phi) is 3.87. The van der Waals surface area contributed by atoms with E-state index in [2.05, 4.69) is 50.4 Å². The van der Waals surface area contributed by atoms with Gasteiger partial charge in [0.1, 0.15) is 11.3 Å². The van der Waals surface area contributed by atoms with Crippen LogP contribution in [-0.4, -0.2) is 31.9 Å². The topological polar surface area (TPSA) is 44.8 Å². The van der Waals surface area contributed by atoms with Gasteiger partial charge in [-0.15, -0.1) is 5.73 Å². The van der Waals surface area contributed by atoms with E-state index < -0.39 is 0 Å². The van der Waals surface area contributed by atoms with Crippen molar-refractivity contribution in [2.24, 2.45) is 0 Å². The lowest BCUT2D eigenvalue weighted by Gasteiger charge is -2.34. The molecular weight excluding hydrogens is 332 g/mol. The molecule has 1 spiro atoms. The smallest absolute Gasteiger partial charge is 0.137 e. The molecule has 1 aliphatic carbocycles. The van der Waals surface area contributed by atoms with Gasteiger partial charge in [0, 0.05) is 36.1 Å². The van der Waals surface area contributed by atoms with Gasteiger partial charge in [-0.25, -0.2) is 4.98 Å². The lowest BCUT2D eigenvalue weighted by atomic mass is 9.87. The van der Waals surface area contributed by atoms with Crippen LogP contribution in [0.3, 0.4) is 0 Å². The molecule has 0 amide bonds. The summed E-state index contributed by atoms with van der Waals surface area (Å²) in [6.45, 7) is 5.04. The first-order chi connectivity index (χ1) is 13.3. The summed E-state index contributed by atoms with van der Waals surface area (Å²) < 4.78 is 0. The number of rotatable bonds is 3. The van der Waals surface area contributed by atoms with Gasteiger partial charge in [0.2, 0.25) is 0 Å². The standard InChI is InChI=1S/C23H24N4/c1-2-21(20-7-3-4-12-24-20)27-15-5-6-17(16-23(27)10-11-23)18-8-13-25-22-19(18)9-14-26-22/h3-4,7-9,12-14,17H,1,5-6,10-11,15-16H2,(H,25,26). The summed E-state index contributed by atoms with van der Waals surface area (Å²) >= 11 is 0. The van der Waals surface area contributed by atoms with Crippen molar-refractivity contribution in [2.45, 2.75) is 43.6 Å². The Morgan fingerprint density at radius 2 is 2.11 bits per heavy atom. The number of pyridine rings is 2. The highest BCUT2D eigenvalue weighted by atomic mass is 15.2. The minimum absolute atomic E-state index is 0.227. The summed E-state index contributed by atoms with van der Waals surface area (Å²) in [6, 6.07) is 10.5. The Balaban J connectivity index is 1.49. The van der Waals surface area contributed by atoms with Crippen LogP contribution in [0.2, 0.25) is 0 Å². The normalized spacial score (nSPS) is 21.0. The molecule has 3 aromatic rings. The van der Waals surface area contributed by atoms with Gasteiger partial charge in [0.15, 0.2) is 0 Å². The molecule has 0 radical (unpaired) electrons. The number of hydrogen-bond donors (Lipinski definition) is 1. The maximum Gasteiger partial charge on any atom is 0.137 e. The highest BCUT2D eigenvalue weighted by molar-refractivity contribution is 5.79. The van der Waals surface area contributed by atoms with Crippen LogP contribution in [0.5, 0.6) is 0 Å². The molecule has 4 heterocycles. The molecule has 1 aliphatic heterocycles. The molecule has 4 heteroatoms. The van der Waals surface area contributed by atoms with Gasteiger partial charge in [-0.05, 0) is 67.9 Å². The van der Waals surface area contributed by atoms with Crippen molar-refractivity contribution in [3.63, 3.8) is 0 Å². The molecule has 1 atom stereocenters. The van der Waals surface area contributed by atoms with Gasteiger partial charge in [0.05, 0.1) is 5.69 Å². The summed E-state index contributed by atoms with van der Waals surface area (Å²) in [5.41, 5.74) is 7.92. The minimum Gasteiger partial charge on any atom is -0.358 e. The molecule has 2 fully saturated rings. The van der Waals surface area contributed by atoms with Gasteiger partial charge in [-0.1, -0.05) is 12.6 Å². The summed E-state index contributed by atoms with van der Waals surface area (Å²) in [5, 5.41) is 1.27.